The van der Waals surface area contributed by atoms with Gasteiger partial charge in [0, 0.05) is 22.9 Å². The highest BCUT2D eigenvalue weighted by atomic mass is 79.9. The van der Waals surface area contributed by atoms with Crippen molar-refractivity contribution in [2.24, 2.45) is 5.41 Å². The number of thioether (sulfide) groups is 1. The van der Waals surface area contributed by atoms with E-state index >= 15 is 0 Å². The number of carboxylic acid groups (broad SMARTS) is 1. The Morgan fingerprint density at radius 2 is 1.84 bits per heavy atom. The van der Waals surface area contributed by atoms with Gasteiger partial charge in [-0.2, -0.15) is 0 Å². The third-order valence-electron chi connectivity index (χ3n) is 5.87. The number of anilines is 2. The SMILES string of the molecule is CCCCC1(CCCC)CSc2cc(OCC(=O)O)c(Br)cc2N(c2ccccc2)C1. The Morgan fingerprint density at radius 3 is 2.45 bits per heavy atom. The summed E-state index contributed by atoms with van der Waals surface area (Å²) in [5.41, 5.74) is 2.58. The summed E-state index contributed by atoms with van der Waals surface area (Å²) < 4.78 is 6.33. The first-order valence-corrected chi connectivity index (χ1v) is 12.9. The molecule has 1 aliphatic heterocycles. The van der Waals surface area contributed by atoms with Gasteiger partial charge in [-0.25, -0.2) is 4.79 Å². The van der Waals surface area contributed by atoms with Gasteiger partial charge in [-0.3, -0.25) is 0 Å². The number of aliphatic carboxylic acids is 1. The van der Waals surface area contributed by atoms with Gasteiger partial charge < -0.3 is 14.7 Å². The van der Waals surface area contributed by atoms with Crippen LogP contribution in [0.2, 0.25) is 0 Å². The molecule has 0 radical (unpaired) electrons. The molecule has 0 atom stereocenters. The molecule has 0 aliphatic carbocycles. The van der Waals surface area contributed by atoms with Crippen LogP contribution in [0.3, 0.4) is 0 Å². The van der Waals surface area contributed by atoms with Gasteiger partial charge in [-0.05, 0) is 58.5 Å². The lowest BCUT2D eigenvalue weighted by atomic mass is 9.79. The molecule has 4 nitrogen and oxygen atoms in total. The summed E-state index contributed by atoms with van der Waals surface area (Å²) in [6.07, 6.45) is 7.32. The number of ether oxygens (including phenoxy) is 1. The van der Waals surface area contributed by atoms with Crippen LogP contribution in [0.1, 0.15) is 52.4 Å². The molecule has 2 aromatic rings. The minimum Gasteiger partial charge on any atom is -0.481 e. The number of hydrogen-bond donors (Lipinski definition) is 1. The first-order chi connectivity index (χ1) is 15.0. The van der Waals surface area contributed by atoms with E-state index in [-0.39, 0.29) is 12.0 Å². The molecule has 2 aromatic carbocycles. The van der Waals surface area contributed by atoms with Gasteiger partial charge in [-0.1, -0.05) is 57.7 Å². The minimum atomic E-state index is -0.974. The highest BCUT2D eigenvalue weighted by Gasteiger charge is 2.36. The second kappa shape index (κ2) is 11.3. The zero-order valence-electron chi connectivity index (χ0n) is 18.4. The van der Waals surface area contributed by atoms with Crippen molar-refractivity contribution in [1.29, 1.82) is 0 Å². The summed E-state index contributed by atoms with van der Waals surface area (Å²) in [6, 6.07) is 14.7. The molecule has 0 bridgehead atoms. The van der Waals surface area contributed by atoms with Crippen molar-refractivity contribution in [3.63, 3.8) is 0 Å². The van der Waals surface area contributed by atoms with E-state index in [2.05, 4.69) is 71.1 Å². The lowest BCUT2D eigenvalue weighted by Gasteiger charge is -2.37. The summed E-state index contributed by atoms with van der Waals surface area (Å²) in [6.45, 7) is 5.18. The number of carboxylic acids is 1. The van der Waals surface area contributed by atoms with Crippen molar-refractivity contribution in [2.75, 3.05) is 23.8 Å². The largest absolute Gasteiger partial charge is 0.481 e. The van der Waals surface area contributed by atoms with Crippen molar-refractivity contribution < 1.29 is 14.6 Å². The van der Waals surface area contributed by atoms with E-state index in [1.165, 1.54) is 44.2 Å². The molecular weight excluding hydrogens is 474 g/mol. The molecule has 3 rings (SSSR count). The normalized spacial score (nSPS) is 15.3. The summed E-state index contributed by atoms with van der Waals surface area (Å²) in [5.74, 6) is 0.665. The maximum absolute atomic E-state index is 11.0. The smallest absolute Gasteiger partial charge is 0.341 e. The zero-order chi connectivity index (χ0) is 22.3. The standard InChI is InChI=1S/C25H32BrNO3S/c1-3-5-12-25(13-6-4-2)17-27(19-10-8-7-9-11-19)21-14-20(26)22(30-16-24(28)29)15-23(21)31-18-25/h7-11,14-15H,3-6,12-13,16-18H2,1-2H3,(H,28,29). The predicted molar refractivity (Wildman–Crippen MR) is 133 cm³/mol. The fourth-order valence-corrected chi connectivity index (χ4v) is 5.96. The maximum atomic E-state index is 11.0. The number of hydrogen-bond acceptors (Lipinski definition) is 4. The van der Waals surface area contributed by atoms with Gasteiger partial charge >= 0.3 is 5.97 Å². The molecule has 31 heavy (non-hydrogen) atoms. The second-order valence-electron chi connectivity index (χ2n) is 8.35. The van der Waals surface area contributed by atoms with Crippen LogP contribution in [0.25, 0.3) is 0 Å². The third-order valence-corrected chi connectivity index (χ3v) is 7.89. The van der Waals surface area contributed by atoms with Crippen molar-refractivity contribution in [3.05, 3.63) is 46.9 Å². The van der Waals surface area contributed by atoms with Gasteiger partial charge in [0.2, 0.25) is 0 Å². The summed E-state index contributed by atoms with van der Waals surface area (Å²) in [4.78, 5) is 14.6. The molecule has 0 amide bonds. The Bertz CT molecular complexity index is 867. The van der Waals surface area contributed by atoms with E-state index in [9.17, 15) is 4.79 Å². The average molecular weight is 507 g/mol. The van der Waals surface area contributed by atoms with Crippen LogP contribution in [0.15, 0.2) is 51.8 Å². The fourth-order valence-electron chi connectivity index (χ4n) is 4.17. The molecule has 168 valence electrons. The number of nitrogens with zero attached hydrogens (tertiary/aromatic N) is 1. The number of benzene rings is 2. The first kappa shape index (κ1) is 24.0. The monoisotopic (exact) mass is 505 g/mol. The molecule has 1 heterocycles. The number of rotatable bonds is 10. The van der Waals surface area contributed by atoms with Crippen LogP contribution in [0.5, 0.6) is 5.75 Å². The van der Waals surface area contributed by atoms with Gasteiger partial charge in [0.05, 0.1) is 10.2 Å². The van der Waals surface area contributed by atoms with Crippen LogP contribution in [0.4, 0.5) is 11.4 Å². The maximum Gasteiger partial charge on any atom is 0.341 e. The van der Waals surface area contributed by atoms with Gasteiger partial charge in [-0.15, -0.1) is 11.8 Å². The van der Waals surface area contributed by atoms with E-state index < -0.39 is 5.97 Å². The highest BCUT2D eigenvalue weighted by molar-refractivity contribution is 9.10. The minimum absolute atomic E-state index is 0.236. The van der Waals surface area contributed by atoms with E-state index in [0.717, 1.165) is 27.4 Å². The van der Waals surface area contributed by atoms with Crippen LogP contribution in [-0.4, -0.2) is 30.0 Å². The van der Waals surface area contributed by atoms with Crippen molar-refractivity contribution in [1.82, 2.24) is 0 Å². The summed E-state index contributed by atoms with van der Waals surface area (Å²) in [7, 11) is 0. The number of unbranched alkanes of at least 4 members (excludes halogenated alkanes) is 2. The molecule has 1 aliphatic rings. The van der Waals surface area contributed by atoms with E-state index in [1.807, 2.05) is 17.8 Å². The molecule has 0 saturated heterocycles. The van der Waals surface area contributed by atoms with E-state index in [4.69, 9.17) is 9.84 Å². The van der Waals surface area contributed by atoms with E-state index in [1.54, 1.807) is 0 Å². The lowest BCUT2D eigenvalue weighted by Crippen LogP contribution is -2.36. The Labute approximate surface area is 198 Å². The zero-order valence-corrected chi connectivity index (χ0v) is 20.8. The van der Waals surface area contributed by atoms with Crippen LogP contribution >= 0.6 is 27.7 Å². The number of carbonyl (C=O) groups is 1. The molecule has 6 heteroatoms. The van der Waals surface area contributed by atoms with Crippen LogP contribution in [-0.2, 0) is 4.79 Å². The molecule has 0 saturated carbocycles. The predicted octanol–water partition coefficient (Wildman–Crippen LogP) is 7.52. The molecule has 0 aromatic heterocycles. The summed E-state index contributed by atoms with van der Waals surface area (Å²) in [5, 5.41) is 9.02. The molecule has 0 fully saturated rings. The van der Waals surface area contributed by atoms with Gasteiger partial charge in [0.1, 0.15) is 5.75 Å². The van der Waals surface area contributed by atoms with Gasteiger partial charge in [0.25, 0.3) is 0 Å². The van der Waals surface area contributed by atoms with Crippen molar-refractivity contribution >= 4 is 45.0 Å². The van der Waals surface area contributed by atoms with Crippen LogP contribution in [0, 0.1) is 5.41 Å². The number of para-hydroxylation sites is 1. The Balaban J connectivity index is 2.04. The number of halogens is 1. The first-order valence-electron chi connectivity index (χ1n) is 11.1. The quantitative estimate of drug-likeness (QED) is 0.361. The van der Waals surface area contributed by atoms with Gasteiger partial charge in [0.15, 0.2) is 6.61 Å². The van der Waals surface area contributed by atoms with Crippen LogP contribution < -0.4 is 9.64 Å². The molecule has 0 unspecified atom stereocenters. The number of fused-ring (bicyclic) bond motifs is 1. The summed E-state index contributed by atoms with van der Waals surface area (Å²) >= 11 is 5.49. The Hall–Kier alpha value is -1.66. The van der Waals surface area contributed by atoms with Crippen molar-refractivity contribution in [2.45, 2.75) is 57.3 Å². The second-order valence-corrected chi connectivity index (χ2v) is 10.2. The Kier molecular flexibility index (Phi) is 8.73. The topological polar surface area (TPSA) is 49.8 Å². The molecule has 1 N–H and O–H groups in total. The Morgan fingerprint density at radius 1 is 1.16 bits per heavy atom. The highest BCUT2D eigenvalue weighted by Crippen LogP contribution is 2.49. The third kappa shape index (κ3) is 6.19. The molecular formula is C25H32BrNO3S. The van der Waals surface area contributed by atoms with Crippen molar-refractivity contribution in [3.8, 4) is 5.75 Å². The fraction of sp³-hybridized carbons (Fsp3) is 0.480. The van der Waals surface area contributed by atoms with E-state index in [0.29, 0.717) is 5.75 Å². The lowest BCUT2D eigenvalue weighted by molar-refractivity contribution is -0.139. The molecule has 0 spiro atoms. The average Bonchev–Trinajstić information content (AvgIpc) is 2.93.